The van der Waals surface area contributed by atoms with E-state index < -0.39 is 47.1 Å². The van der Waals surface area contributed by atoms with Crippen LogP contribution in [0.1, 0.15) is 18.4 Å². The Bertz CT molecular complexity index is 1130. The number of anilines is 2. The minimum atomic E-state index is -1.42. The van der Waals surface area contributed by atoms with Gasteiger partial charge < -0.3 is 10.4 Å². The Balaban J connectivity index is 1.64. The van der Waals surface area contributed by atoms with Crippen molar-refractivity contribution in [3.63, 3.8) is 0 Å². The summed E-state index contributed by atoms with van der Waals surface area (Å²) in [6.07, 6.45) is -0.0547. The van der Waals surface area contributed by atoms with Crippen LogP contribution in [0.3, 0.4) is 0 Å². The monoisotopic (exact) mass is 483 g/mol. The maximum atomic E-state index is 13.6. The molecule has 3 aliphatic heterocycles. The summed E-state index contributed by atoms with van der Waals surface area (Å²) in [6.45, 7) is 0. The van der Waals surface area contributed by atoms with Crippen LogP contribution >= 0.6 is 15.9 Å². The molecule has 0 saturated carbocycles. The summed E-state index contributed by atoms with van der Waals surface area (Å²) < 4.78 is 0.803. The number of imide groups is 1. The molecule has 3 N–H and O–H groups in total. The molecule has 0 radical (unpaired) electrons. The van der Waals surface area contributed by atoms with Gasteiger partial charge >= 0.3 is 5.97 Å². The molecule has 1 spiro atoms. The third kappa shape index (κ3) is 2.76. The highest BCUT2D eigenvalue weighted by Gasteiger charge is 2.70. The number of hydrogen-bond donors (Lipinski definition) is 3. The number of carboxylic acids is 1. The number of para-hydroxylation sites is 1. The summed E-state index contributed by atoms with van der Waals surface area (Å²) in [7, 11) is 0. The molecule has 0 unspecified atom stereocenters. The van der Waals surface area contributed by atoms with E-state index in [-0.39, 0.29) is 12.8 Å². The Morgan fingerprint density at radius 3 is 2.48 bits per heavy atom. The van der Waals surface area contributed by atoms with Crippen molar-refractivity contribution in [1.82, 2.24) is 5.32 Å². The molecule has 9 heteroatoms. The smallest absolute Gasteiger partial charge is 0.303 e. The summed E-state index contributed by atoms with van der Waals surface area (Å²) in [5, 5.41) is 15.2. The van der Waals surface area contributed by atoms with Crippen LogP contribution in [-0.2, 0) is 24.7 Å². The van der Waals surface area contributed by atoms with E-state index in [2.05, 4.69) is 26.6 Å². The van der Waals surface area contributed by atoms with Gasteiger partial charge in [0.15, 0.2) is 0 Å². The molecule has 3 aliphatic rings. The predicted octanol–water partition coefficient (Wildman–Crippen LogP) is 2.24. The fourth-order valence-electron chi connectivity index (χ4n) is 5.13. The fourth-order valence-corrected chi connectivity index (χ4v) is 5.39. The second-order valence-corrected chi connectivity index (χ2v) is 8.90. The van der Waals surface area contributed by atoms with E-state index in [9.17, 15) is 24.3 Å². The zero-order valence-corrected chi connectivity index (χ0v) is 17.8. The minimum Gasteiger partial charge on any atom is -0.481 e. The van der Waals surface area contributed by atoms with Crippen molar-refractivity contribution in [2.45, 2.75) is 24.4 Å². The van der Waals surface area contributed by atoms with Gasteiger partial charge in [-0.3, -0.25) is 24.5 Å². The molecule has 3 heterocycles. The van der Waals surface area contributed by atoms with Gasteiger partial charge in [0.2, 0.25) is 17.7 Å². The lowest BCUT2D eigenvalue weighted by atomic mass is 9.76. The Labute approximate surface area is 185 Å². The Kier molecular flexibility index (Phi) is 4.49. The van der Waals surface area contributed by atoms with E-state index in [0.717, 1.165) is 9.37 Å². The molecule has 2 aromatic carbocycles. The van der Waals surface area contributed by atoms with Gasteiger partial charge in [0, 0.05) is 28.2 Å². The third-order valence-corrected chi connectivity index (χ3v) is 6.91. The first kappa shape index (κ1) is 19.9. The number of fused-ring (bicyclic) bond motifs is 4. The maximum Gasteiger partial charge on any atom is 0.303 e. The molecule has 0 aromatic heterocycles. The number of carbonyl (C=O) groups is 4. The van der Waals surface area contributed by atoms with E-state index in [4.69, 9.17) is 0 Å². The van der Waals surface area contributed by atoms with Crippen LogP contribution in [0.2, 0.25) is 0 Å². The minimum absolute atomic E-state index is 0.126. The first-order valence-corrected chi connectivity index (χ1v) is 10.7. The van der Waals surface area contributed by atoms with Crippen molar-refractivity contribution in [3.8, 4) is 0 Å². The number of nitrogens with zero attached hydrogens (tertiary/aromatic N) is 1. The standard InChI is InChI=1S/C22H18BrN3O5/c23-11-5-7-12(8-6-11)26-19(29)17-15(9-10-16(27)28)25-22(18(17)20(26)30)13-3-1-2-4-14(13)24-21(22)31/h1-8,15,17-18,25H,9-10H2,(H,24,31)(H,27,28)/t15-,17+,18+,22+/m0/s1. The van der Waals surface area contributed by atoms with Gasteiger partial charge in [-0.1, -0.05) is 34.1 Å². The molecule has 2 saturated heterocycles. The molecule has 0 bridgehead atoms. The first-order chi connectivity index (χ1) is 14.8. The topological polar surface area (TPSA) is 116 Å². The second kappa shape index (κ2) is 7.00. The highest BCUT2D eigenvalue weighted by atomic mass is 79.9. The lowest BCUT2D eigenvalue weighted by molar-refractivity contribution is -0.137. The molecular weight excluding hydrogens is 466 g/mol. The van der Waals surface area contributed by atoms with Crippen molar-refractivity contribution in [2.75, 3.05) is 10.2 Å². The van der Waals surface area contributed by atoms with Gasteiger partial charge in [-0.15, -0.1) is 0 Å². The number of halogens is 1. The number of hydrogen-bond acceptors (Lipinski definition) is 5. The van der Waals surface area contributed by atoms with Crippen LogP contribution < -0.4 is 15.5 Å². The van der Waals surface area contributed by atoms with Crippen molar-refractivity contribution >= 4 is 51.0 Å². The van der Waals surface area contributed by atoms with Gasteiger partial charge in [-0.25, -0.2) is 4.90 Å². The summed E-state index contributed by atoms with van der Waals surface area (Å²) in [4.78, 5) is 52.7. The van der Waals surface area contributed by atoms with Crippen LogP contribution in [-0.4, -0.2) is 34.8 Å². The van der Waals surface area contributed by atoms with Crippen molar-refractivity contribution in [2.24, 2.45) is 11.8 Å². The first-order valence-electron chi connectivity index (χ1n) is 9.88. The van der Waals surface area contributed by atoms with Gasteiger partial charge in [0.05, 0.1) is 17.5 Å². The maximum absolute atomic E-state index is 13.6. The van der Waals surface area contributed by atoms with Crippen molar-refractivity contribution < 1.29 is 24.3 Å². The van der Waals surface area contributed by atoms with E-state index in [1.807, 2.05) is 0 Å². The molecule has 2 fully saturated rings. The van der Waals surface area contributed by atoms with E-state index in [1.54, 1.807) is 48.5 Å². The molecule has 31 heavy (non-hydrogen) atoms. The van der Waals surface area contributed by atoms with Gasteiger partial charge in [-0.05, 0) is 36.8 Å². The quantitative estimate of drug-likeness (QED) is 0.574. The number of carbonyl (C=O) groups excluding carboxylic acids is 3. The number of benzene rings is 2. The van der Waals surface area contributed by atoms with Crippen LogP contribution in [0, 0.1) is 11.8 Å². The second-order valence-electron chi connectivity index (χ2n) is 7.98. The number of carboxylic acid groups (broad SMARTS) is 1. The largest absolute Gasteiger partial charge is 0.481 e. The molecular formula is C22H18BrN3O5. The van der Waals surface area contributed by atoms with Crippen LogP contribution in [0.15, 0.2) is 53.0 Å². The summed E-state index contributed by atoms with van der Waals surface area (Å²) >= 11 is 3.34. The zero-order chi connectivity index (χ0) is 21.9. The Morgan fingerprint density at radius 1 is 1.06 bits per heavy atom. The van der Waals surface area contributed by atoms with Gasteiger partial charge in [0.1, 0.15) is 5.54 Å². The SMILES string of the molecule is O=C(O)CC[C@@H]1N[C@@]2(C(=O)Nc3ccccc32)[C@H]2C(=O)N(c3ccc(Br)cc3)C(=O)[C@H]12. The highest BCUT2D eigenvalue weighted by Crippen LogP contribution is 2.54. The van der Waals surface area contributed by atoms with Crippen LogP contribution in [0.25, 0.3) is 0 Å². The third-order valence-electron chi connectivity index (χ3n) is 6.38. The summed E-state index contributed by atoms with van der Waals surface area (Å²) in [5.41, 5.74) is 0.194. The van der Waals surface area contributed by atoms with Crippen LogP contribution in [0.4, 0.5) is 11.4 Å². The molecule has 158 valence electrons. The summed E-state index contributed by atoms with van der Waals surface area (Å²) in [6, 6.07) is 13.2. The van der Waals surface area contributed by atoms with Crippen molar-refractivity contribution in [3.05, 3.63) is 58.6 Å². The summed E-state index contributed by atoms with van der Waals surface area (Å²) in [5.74, 6) is -4.10. The molecule has 3 amide bonds. The van der Waals surface area contributed by atoms with Gasteiger partial charge in [-0.2, -0.15) is 0 Å². The average molecular weight is 484 g/mol. The predicted molar refractivity (Wildman–Crippen MR) is 114 cm³/mol. The lowest BCUT2D eigenvalue weighted by Crippen LogP contribution is -2.53. The Hall–Kier alpha value is -3.04. The number of rotatable bonds is 4. The molecule has 8 nitrogen and oxygen atoms in total. The number of aliphatic carboxylic acids is 1. The zero-order valence-electron chi connectivity index (χ0n) is 16.2. The van der Waals surface area contributed by atoms with Crippen molar-refractivity contribution in [1.29, 1.82) is 0 Å². The van der Waals surface area contributed by atoms with E-state index >= 15 is 0 Å². The average Bonchev–Trinajstić information content (AvgIpc) is 3.32. The number of amides is 3. The molecule has 2 aromatic rings. The lowest BCUT2D eigenvalue weighted by Gasteiger charge is -2.29. The normalized spacial score (nSPS) is 28.7. The molecule has 0 aliphatic carbocycles. The van der Waals surface area contributed by atoms with Gasteiger partial charge in [0.25, 0.3) is 0 Å². The fraction of sp³-hybridized carbons (Fsp3) is 0.273. The van der Waals surface area contributed by atoms with E-state index in [1.165, 1.54) is 0 Å². The van der Waals surface area contributed by atoms with E-state index in [0.29, 0.717) is 16.9 Å². The van der Waals surface area contributed by atoms with Crippen LogP contribution in [0.5, 0.6) is 0 Å². The molecule has 4 atom stereocenters. The Morgan fingerprint density at radius 2 is 1.77 bits per heavy atom. The number of nitrogens with one attached hydrogen (secondary N) is 2. The molecule has 5 rings (SSSR count). The highest BCUT2D eigenvalue weighted by molar-refractivity contribution is 9.10.